The third-order valence-corrected chi connectivity index (χ3v) is 6.59. The molecule has 1 aromatic rings. The number of hydrogen-bond acceptors (Lipinski definition) is 4. The van der Waals surface area contributed by atoms with Crippen LogP contribution in [0.25, 0.3) is 0 Å². The van der Waals surface area contributed by atoms with Gasteiger partial charge in [0.1, 0.15) is 5.82 Å². The van der Waals surface area contributed by atoms with Gasteiger partial charge in [-0.15, -0.1) is 12.4 Å². The zero-order valence-corrected chi connectivity index (χ0v) is 15.3. The number of nitrogens with two attached hydrogens (primary N) is 1. The van der Waals surface area contributed by atoms with E-state index in [4.69, 9.17) is 5.73 Å². The van der Waals surface area contributed by atoms with Gasteiger partial charge in [-0.05, 0) is 56.5 Å². The topological polar surface area (TPSA) is 80.5 Å². The molecular formula is C16H24ClFN2O3S. The zero-order valence-electron chi connectivity index (χ0n) is 13.7. The summed E-state index contributed by atoms with van der Waals surface area (Å²) in [4.78, 5) is 14.1. The van der Waals surface area contributed by atoms with Gasteiger partial charge in [0.05, 0.1) is 10.1 Å². The predicted octanol–water partition coefficient (Wildman–Crippen LogP) is 2.00. The van der Waals surface area contributed by atoms with Crippen LogP contribution in [0.15, 0.2) is 29.2 Å². The van der Waals surface area contributed by atoms with Crippen molar-refractivity contribution in [2.24, 2.45) is 11.7 Å². The van der Waals surface area contributed by atoms with Crippen LogP contribution in [0.4, 0.5) is 4.39 Å². The largest absolute Gasteiger partial charge is 0.343 e. The van der Waals surface area contributed by atoms with Gasteiger partial charge in [-0.25, -0.2) is 12.8 Å². The molecule has 1 saturated heterocycles. The van der Waals surface area contributed by atoms with Gasteiger partial charge in [0.15, 0.2) is 9.84 Å². The lowest BCUT2D eigenvalue weighted by atomic mass is 9.97. The van der Waals surface area contributed by atoms with E-state index in [0.29, 0.717) is 25.6 Å². The Hall–Kier alpha value is -1.18. The van der Waals surface area contributed by atoms with E-state index in [0.717, 1.165) is 25.0 Å². The van der Waals surface area contributed by atoms with E-state index < -0.39 is 20.9 Å². The summed E-state index contributed by atoms with van der Waals surface area (Å²) in [5, 5.41) is -0.840. The number of carbonyl (C=O) groups excluding carboxylic acids is 1. The van der Waals surface area contributed by atoms with Crippen LogP contribution in [0.1, 0.15) is 26.2 Å². The minimum atomic E-state index is -3.64. The molecule has 5 nitrogen and oxygen atoms in total. The van der Waals surface area contributed by atoms with E-state index in [1.54, 1.807) is 4.90 Å². The fraction of sp³-hybridized carbons (Fsp3) is 0.562. The van der Waals surface area contributed by atoms with E-state index in [1.165, 1.54) is 19.1 Å². The molecule has 0 aliphatic carbocycles. The van der Waals surface area contributed by atoms with Crippen molar-refractivity contribution in [3.8, 4) is 0 Å². The molecule has 0 radical (unpaired) electrons. The number of likely N-dealkylation sites (tertiary alicyclic amines) is 1. The van der Waals surface area contributed by atoms with Gasteiger partial charge in [0.2, 0.25) is 5.91 Å². The number of carbonyl (C=O) groups is 1. The van der Waals surface area contributed by atoms with Crippen molar-refractivity contribution in [1.82, 2.24) is 4.90 Å². The standard InChI is InChI=1S/C16H23FN2O3S.ClH/c1-12(23(21,22)15-4-2-14(17)3-5-15)10-16(20)19-8-6-13(11-18)7-9-19;/h2-5,12-13H,6-11,18H2,1H3;1H. The molecule has 1 unspecified atom stereocenters. The fourth-order valence-electron chi connectivity index (χ4n) is 2.76. The maximum atomic E-state index is 12.9. The Kier molecular flexibility index (Phi) is 7.63. The summed E-state index contributed by atoms with van der Waals surface area (Å²) in [6.07, 6.45) is 1.66. The lowest BCUT2D eigenvalue weighted by molar-refractivity contribution is -0.132. The number of rotatable bonds is 5. The Bertz CT molecular complexity index is 644. The SMILES string of the molecule is CC(CC(=O)N1CCC(CN)CC1)S(=O)(=O)c1ccc(F)cc1.Cl. The fourth-order valence-corrected chi connectivity index (χ4v) is 4.10. The molecular weight excluding hydrogens is 355 g/mol. The van der Waals surface area contributed by atoms with Crippen molar-refractivity contribution in [2.75, 3.05) is 19.6 Å². The first-order valence-electron chi connectivity index (χ1n) is 7.82. The van der Waals surface area contributed by atoms with Gasteiger partial charge in [-0.1, -0.05) is 0 Å². The van der Waals surface area contributed by atoms with Crippen LogP contribution >= 0.6 is 12.4 Å². The summed E-state index contributed by atoms with van der Waals surface area (Å²) in [6, 6.07) is 4.69. The van der Waals surface area contributed by atoms with Gasteiger partial charge in [0, 0.05) is 19.5 Å². The predicted molar refractivity (Wildman–Crippen MR) is 93.3 cm³/mol. The van der Waals surface area contributed by atoms with Crippen LogP contribution in [0.3, 0.4) is 0 Å². The second-order valence-corrected chi connectivity index (χ2v) is 8.44. The van der Waals surface area contributed by atoms with Crippen LogP contribution in [-0.2, 0) is 14.6 Å². The summed E-state index contributed by atoms with van der Waals surface area (Å²) < 4.78 is 37.8. The lowest BCUT2D eigenvalue weighted by Gasteiger charge is -2.32. The van der Waals surface area contributed by atoms with E-state index in [2.05, 4.69) is 0 Å². The molecule has 1 aliphatic rings. The number of benzene rings is 1. The average Bonchev–Trinajstić information content (AvgIpc) is 2.55. The molecule has 8 heteroatoms. The number of sulfone groups is 1. The quantitative estimate of drug-likeness (QED) is 0.794. The van der Waals surface area contributed by atoms with Crippen molar-refractivity contribution in [3.05, 3.63) is 30.1 Å². The van der Waals surface area contributed by atoms with Crippen LogP contribution in [-0.4, -0.2) is 44.1 Å². The maximum Gasteiger partial charge on any atom is 0.223 e. The van der Waals surface area contributed by atoms with E-state index >= 15 is 0 Å². The number of hydrogen-bond donors (Lipinski definition) is 1. The first kappa shape index (κ1) is 20.9. The molecule has 1 heterocycles. The molecule has 0 saturated carbocycles. The van der Waals surface area contributed by atoms with Crippen LogP contribution in [0.5, 0.6) is 0 Å². The third kappa shape index (κ3) is 4.91. The van der Waals surface area contributed by atoms with E-state index in [1.807, 2.05) is 0 Å². The summed E-state index contributed by atoms with van der Waals surface area (Å²) >= 11 is 0. The smallest absolute Gasteiger partial charge is 0.223 e. The van der Waals surface area contributed by atoms with Crippen LogP contribution < -0.4 is 5.73 Å². The molecule has 0 bridgehead atoms. The molecule has 0 spiro atoms. The molecule has 0 aromatic heterocycles. The molecule has 1 atom stereocenters. The highest BCUT2D eigenvalue weighted by Gasteiger charge is 2.29. The zero-order chi connectivity index (χ0) is 17.0. The Morgan fingerprint density at radius 3 is 2.33 bits per heavy atom. The van der Waals surface area contributed by atoms with Crippen LogP contribution in [0, 0.1) is 11.7 Å². The van der Waals surface area contributed by atoms with Gasteiger partial charge >= 0.3 is 0 Å². The normalized spacial score (nSPS) is 17.2. The van der Waals surface area contributed by atoms with E-state index in [-0.39, 0.29) is 29.6 Å². The second kappa shape index (κ2) is 8.78. The Labute approximate surface area is 148 Å². The van der Waals surface area contributed by atoms with Crippen LogP contribution in [0.2, 0.25) is 0 Å². The summed E-state index contributed by atoms with van der Waals surface area (Å²) in [5.74, 6) is -0.200. The Morgan fingerprint density at radius 1 is 1.29 bits per heavy atom. The van der Waals surface area contributed by atoms with Gasteiger partial charge in [0.25, 0.3) is 0 Å². The molecule has 1 fully saturated rings. The summed E-state index contributed by atoms with van der Waals surface area (Å²) in [6.45, 7) is 3.40. The number of piperidine rings is 1. The molecule has 1 aliphatic heterocycles. The average molecular weight is 379 g/mol. The van der Waals surface area contributed by atoms with Crippen molar-refractivity contribution >= 4 is 28.2 Å². The minimum absolute atomic E-state index is 0. The van der Waals surface area contributed by atoms with Crippen molar-refractivity contribution in [1.29, 1.82) is 0 Å². The molecule has 24 heavy (non-hydrogen) atoms. The lowest BCUT2D eigenvalue weighted by Crippen LogP contribution is -2.41. The monoisotopic (exact) mass is 378 g/mol. The number of nitrogens with zero attached hydrogens (tertiary/aromatic N) is 1. The van der Waals surface area contributed by atoms with Gasteiger partial charge in [-0.3, -0.25) is 4.79 Å². The summed E-state index contributed by atoms with van der Waals surface area (Å²) in [7, 11) is -3.64. The number of amides is 1. The third-order valence-electron chi connectivity index (χ3n) is 4.43. The molecule has 1 amide bonds. The molecule has 136 valence electrons. The molecule has 1 aromatic carbocycles. The highest BCUT2D eigenvalue weighted by atomic mass is 35.5. The van der Waals surface area contributed by atoms with Crippen molar-refractivity contribution < 1.29 is 17.6 Å². The first-order chi connectivity index (χ1) is 10.8. The summed E-state index contributed by atoms with van der Waals surface area (Å²) in [5.41, 5.74) is 5.63. The van der Waals surface area contributed by atoms with Crippen molar-refractivity contribution in [3.63, 3.8) is 0 Å². The highest BCUT2D eigenvalue weighted by molar-refractivity contribution is 7.92. The maximum absolute atomic E-state index is 12.9. The minimum Gasteiger partial charge on any atom is -0.343 e. The van der Waals surface area contributed by atoms with Gasteiger partial charge in [-0.2, -0.15) is 0 Å². The highest BCUT2D eigenvalue weighted by Crippen LogP contribution is 2.21. The molecule has 2 rings (SSSR count). The first-order valence-corrected chi connectivity index (χ1v) is 9.36. The molecule has 2 N–H and O–H groups in total. The van der Waals surface area contributed by atoms with Gasteiger partial charge < -0.3 is 10.6 Å². The number of halogens is 2. The van der Waals surface area contributed by atoms with E-state index in [9.17, 15) is 17.6 Å². The Morgan fingerprint density at radius 2 is 1.83 bits per heavy atom. The van der Waals surface area contributed by atoms with Crippen molar-refractivity contribution in [2.45, 2.75) is 36.3 Å². The Balaban J connectivity index is 0.00000288. The second-order valence-electron chi connectivity index (χ2n) is 6.07.